The van der Waals surface area contributed by atoms with E-state index in [1.165, 1.54) is 6.92 Å². The van der Waals surface area contributed by atoms with Gasteiger partial charge in [0, 0.05) is 37.5 Å². The number of aliphatic hydroxyl groups is 1. The lowest BCUT2D eigenvalue weighted by molar-refractivity contribution is -0.184. The molecule has 7 nitrogen and oxygen atoms in total. The number of fused-ring (bicyclic) bond motifs is 5. The van der Waals surface area contributed by atoms with Gasteiger partial charge in [-0.15, -0.1) is 0 Å². The molecule has 0 aromatic carbocycles. The van der Waals surface area contributed by atoms with Crippen molar-refractivity contribution in [2.75, 3.05) is 0 Å². The first-order valence-corrected chi connectivity index (χ1v) is 12.3. The number of ketones is 1. The van der Waals surface area contributed by atoms with E-state index in [-0.39, 0.29) is 47.8 Å². The molecule has 9 atom stereocenters. The lowest BCUT2D eigenvalue weighted by Gasteiger charge is -2.47. The molecule has 3 aliphatic rings. The molecule has 1 aliphatic carbocycles. The van der Waals surface area contributed by atoms with Crippen LogP contribution in [0.15, 0.2) is 12.2 Å². The average Bonchev–Trinajstić information content (AvgIpc) is 3.14. The Balaban J connectivity index is 2.10. The molecule has 2 saturated heterocycles. The Kier molecular flexibility index (Phi) is 7.74. The number of hydrogen-bond acceptors (Lipinski definition) is 7. The van der Waals surface area contributed by atoms with Crippen LogP contribution in [0.5, 0.6) is 0 Å². The fourth-order valence-electron chi connectivity index (χ4n) is 6.20. The summed E-state index contributed by atoms with van der Waals surface area (Å²) in [6.07, 6.45) is -0.573. The first-order valence-electron chi connectivity index (χ1n) is 12.3. The number of hydrogen-bond donors (Lipinski definition) is 1. The van der Waals surface area contributed by atoms with Crippen LogP contribution in [0.2, 0.25) is 0 Å². The van der Waals surface area contributed by atoms with E-state index in [2.05, 4.69) is 20.4 Å². The molecule has 2 aliphatic heterocycles. The predicted molar refractivity (Wildman–Crippen MR) is 122 cm³/mol. The van der Waals surface area contributed by atoms with Gasteiger partial charge in [0.05, 0.1) is 12.2 Å². The van der Waals surface area contributed by atoms with Crippen molar-refractivity contribution in [1.29, 1.82) is 0 Å². The largest absolute Gasteiger partial charge is 0.458 e. The monoisotopic (exact) mass is 464 g/mol. The summed E-state index contributed by atoms with van der Waals surface area (Å²) in [5.41, 5.74) is -0.300. The van der Waals surface area contributed by atoms with Crippen molar-refractivity contribution in [2.45, 2.75) is 104 Å². The van der Waals surface area contributed by atoms with Crippen LogP contribution < -0.4 is 0 Å². The molecule has 186 valence electrons. The molecule has 3 rings (SSSR count). The van der Waals surface area contributed by atoms with Gasteiger partial charge in [0.2, 0.25) is 0 Å². The van der Waals surface area contributed by atoms with E-state index >= 15 is 0 Å². The van der Waals surface area contributed by atoms with Gasteiger partial charge in [-0.05, 0) is 43.6 Å². The SMILES string of the molecule is C=C1[C@@H]2[C@@H]3O[C@H]([C@@H]2[C@@H](C(C)C)C[C@@H]1OC(C)=O)[C@](C)(OC(=O)CCC)CCC(=O)[C@H](C)[C@H]3O. The van der Waals surface area contributed by atoms with Gasteiger partial charge in [0.1, 0.15) is 23.6 Å². The van der Waals surface area contributed by atoms with Gasteiger partial charge in [0.25, 0.3) is 0 Å². The number of ether oxygens (including phenoxy) is 3. The summed E-state index contributed by atoms with van der Waals surface area (Å²) in [4.78, 5) is 37.3. The maximum absolute atomic E-state index is 12.9. The second kappa shape index (κ2) is 9.87. The highest BCUT2D eigenvalue weighted by atomic mass is 16.6. The molecule has 2 heterocycles. The van der Waals surface area contributed by atoms with Crippen LogP contribution in [0, 0.1) is 29.6 Å². The molecule has 0 spiro atoms. The molecule has 0 unspecified atom stereocenters. The maximum Gasteiger partial charge on any atom is 0.306 e. The highest BCUT2D eigenvalue weighted by molar-refractivity contribution is 5.81. The van der Waals surface area contributed by atoms with Crippen molar-refractivity contribution < 1.29 is 33.7 Å². The van der Waals surface area contributed by atoms with Gasteiger partial charge in [-0.1, -0.05) is 34.3 Å². The van der Waals surface area contributed by atoms with Gasteiger partial charge >= 0.3 is 11.9 Å². The minimum atomic E-state index is -1.02. The van der Waals surface area contributed by atoms with E-state index in [1.807, 2.05) is 13.8 Å². The van der Waals surface area contributed by atoms with Crippen molar-refractivity contribution in [3.8, 4) is 0 Å². The van der Waals surface area contributed by atoms with E-state index in [4.69, 9.17) is 14.2 Å². The van der Waals surface area contributed by atoms with Gasteiger partial charge in [-0.2, -0.15) is 0 Å². The molecule has 7 heteroatoms. The number of Topliss-reactive ketones (excluding diaryl/α,β-unsaturated/α-hetero) is 1. The standard InChI is InChI=1S/C26H40O7/c1-8-9-20(29)33-26(7)11-10-18(28)14(4)23(30)24-21-15(5)19(31-16(6)27)12-17(13(2)3)22(21)25(26)32-24/h13-14,17,19,21-25,30H,5,8-12H2,1-4,6-7H3/t14-,17+,19-,21-,22+,23+,24-,25+,26+/m0/s1. The summed E-state index contributed by atoms with van der Waals surface area (Å²) in [6.45, 7) is 15.4. The van der Waals surface area contributed by atoms with Crippen LogP contribution in [0.4, 0.5) is 0 Å². The third kappa shape index (κ3) is 4.90. The van der Waals surface area contributed by atoms with Crippen molar-refractivity contribution in [3.05, 3.63) is 12.2 Å². The number of esters is 2. The van der Waals surface area contributed by atoms with Gasteiger partial charge in [-0.3, -0.25) is 14.4 Å². The highest BCUT2D eigenvalue weighted by Gasteiger charge is 2.62. The lowest BCUT2D eigenvalue weighted by Crippen LogP contribution is -2.53. The molecule has 0 radical (unpaired) electrons. The summed E-state index contributed by atoms with van der Waals surface area (Å²) in [5.74, 6) is -1.44. The Morgan fingerprint density at radius 1 is 1.33 bits per heavy atom. The van der Waals surface area contributed by atoms with Crippen molar-refractivity contribution in [2.24, 2.45) is 29.6 Å². The minimum absolute atomic E-state index is 0.0775. The summed E-state index contributed by atoms with van der Waals surface area (Å²) in [6, 6.07) is 0. The van der Waals surface area contributed by atoms with E-state index < -0.39 is 35.9 Å². The van der Waals surface area contributed by atoms with E-state index in [1.54, 1.807) is 6.92 Å². The third-order valence-electron chi connectivity index (χ3n) is 8.04. The molecule has 33 heavy (non-hydrogen) atoms. The molecule has 0 aromatic rings. The summed E-state index contributed by atoms with van der Waals surface area (Å²) < 4.78 is 18.3. The normalized spacial score (nSPS) is 41.1. The fourth-order valence-corrected chi connectivity index (χ4v) is 6.20. The zero-order valence-corrected chi connectivity index (χ0v) is 20.8. The van der Waals surface area contributed by atoms with Crippen LogP contribution in [-0.2, 0) is 28.6 Å². The van der Waals surface area contributed by atoms with Gasteiger partial charge in [0.15, 0.2) is 0 Å². The van der Waals surface area contributed by atoms with E-state index in [9.17, 15) is 19.5 Å². The maximum atomic E-state index is 12.9. The molecule has 1 N–H and O–H groups in total. The molecular weight excluding hydrogens is 424 g/mol. The van der Waals surface area contributed by atoms with Crippen LogP contribution >= 0.6 is 0 Å². The highest BCUT2D eigenvalue weighted by Crippen LogP contribution is 2.56. The van der Waals surface area contributed by atoms with Crippen LogP contribution in [-0.4, -0.2) is 52.8 Å². The van der Waals surface area contributed by atoms with Crippen LogP contribution in [0.1, 0.15) is 73.6 Å². The summed E-state index contributed by atoms with van der Waals surface area (Å²) >= 11 is 0. The zero-order chi connectivity index (χ0) is 24.7. The Labute approximate surface area is 197 Å². The van der Waals surface area contributed by atoms with Crippen molar-refractivity contribution in [1.82, 2.24) is 0 Å². The third-order valence-corrected chi connectivity index (χ3v) is 8.04. The Morgan fingerprint density at radius 3 is 2.58 bits per heavy atom. The Hall–Kier alpha value is -1.73. The number of carbonyl (C=O) groups excluding carboxylic acids is 3. The molecular formula is C26H40O7. The lowest BCUT2D eigenvalue weighted by atomic mass is 9.59. The Bertz CT molecular complexity index is 790. The second-order valence-corrected chi connectivity index (χ2v) is 10.7. The molecule has 0 aromatic heterocycles. The number of rotatable bonds is 5. The van der Waals surface area contributed by atoms with Crippen LogP contribution in [0.3, 0.4) is 0 Å². The van der Waals surface area contributed by atoms with Gasteiger partial charge < -0.3 is 19.3 Å². The molecule has 3 fully saturated rings. The zero-order valence-electron chi connectivity index (χ0n) is 20.8. The average molecular weight is 465 g/mol. The van der Waals surface area contributed by atoms with Gasteiger partial charge in [-0.25, -0.2) is 0 Å². The van der Waals surface area contributed by atoms with Crippen LogP contribution in [0.25, 0.3) is 0 Å². The predicted octanol–water partition coefficient (Wildman–Crippen LogP) is 3.61. The van der Waals surface area contributed by atoms with E-state index in [0.717, 1.165) is 0 Å². The molecule has 2 bridgehead atoms. The fraction of sp³-hybridized carbons (Fsp3) is 0.808. The quantitative estimate of drug-likeness (QED) is 0.490. The van der Waals surface area contributed by atoms with Crippen molar-refractivity contribution in [3.63, 3.8) is 0 Å². The molecule has 0 amide bonds. The number of carbonyl (C=O) groups is 3. The minimum Gasteiger partial charge on any atom is -0.458 e. The van der Waals surface area contributed by atoms with Crippen molar-refractivity contribution >= 4 is 17.7 Å². The summed E-state index contributed by atoms with van der Waals surface area (Å²) in [7, 11) is 0. The first kappa shape index (κ1) is 25.9. The topological polar surface area (TPSA) is 99.1 Å². The number of aliphatic hydroxyl groups excluding tert-OH is 1. The molecule has 1 saturated carbocycles. The smallest absolute Gasteiger partial charge is 0.306 e. The van der Waals surface area contributed by atoms with E-state index in [0.29, 0.717) is 31.3 Å². The second-order valence-electron chi connectivity index (χ2n) is 10.7. The Morgan fingerprint density at radius 2 is 2.00 bits per heavy atom. The first-order chi connectivity index (χ1) is 15.4. The summed E-state index contributed by atoms with van der Waals surface area (Å²) in [5, 5.41) is 11.2.